The van der Waals surface area contributed by atoms with Gasteiger partial charge in [0.15, 0.2) is 37.9 Å². The predicted octanol–water partition coefficient (Wildman–Crippen LogP) is 5.85. The predicted molar refractivity (Wildman–Crippen MR) is 125 cm³/mol. The molecule has 196 valence electrons. The quantitative estimate of drug-likeness (QED) is 0.177. The summed E-state index contributed by atoms with van der Waals surface area (Å²) in [6.07, 6.45) is -2.85. The molecular weight excluding hydrogens is 510 g/mol. The number of pyridine rings is 2. The molecule has 2 heterocycles. The van der Waals surface area contributed by atoms with Gasteiger partial charge in [-0.15, -0.1) is 0 Å². The molecule has 0 aliphatic carbocycles. The van der Waals surface area contributed by atoms with E-state index >= 15 is 0 Å². The fraction of sp³-hybridized carbons (Fsp3) is 0.179. The van der Waals surface area contributed by atoms with E-state index in [-0.39, 0.29) is 18.2 Å². The van der Waals surface area contributed by atoms with Crippen LogP contribution in [0.2, 0.25) is 0 Å². The number of benzene rings is 2. The lowest BCUT2D eigenvalue weighted by molar-refractivity contribution is -0.688. The maximum absolute atomic E-state index is 13.1. The monoisotopic (exact) mass is 532 g/mol. The lowest BCUT2D eigenvalue weighted by atomic mass is 10.0. The normalized spacial score (nSPS) is 11.9. The zero-order valence-electron chi connectivity index (χ0n) is 20.1. The summed E-state index contributed by atoms with van der Waals surface area (Å²) in [4.78, 5) is 11.7. The second kappa shape index (κ2) is 10.6. The van der Waals surface area contributed by atoms with E-state index in [4.69, 9.17) is 4.74 Å². The van der Waals surface area contributed by atoms with E-state index in [9.17, 15) is 31.1 Å². The summed E-state index contributed by atoms with van der Waals surface area (Å²) in [5, 5.41) is 0. The number of rotatable bonds is 6. The van der Waals surface area contributed by atoms with Crippen LogP contribution in [0.25, 0.3) is 11.1 Å². The van der Waals surface area contributed by atoms with Crippen molar-refractivity contribution in [2.75, 3.05) is 7.11 Å². The number of ether oxygens (including phenoxy) is 1. The van der Waals surface area contributed by atoms with Crippen LogP contribution in [0.4, 0.5) is 26.3 Å². The van der Waals surface area contributed by atoms with Crippen molar-refractivity contribution in [2.24, 2.45) is 0 Å². The Bertz CT molecular complexity index is 1400. The molecule has 0 saturated heterocycles. The highest BCUT2D eigenvalue weighted by Gasteiger charge is 2.37. The van der Waals surface area contributed by atoms with E-state index in [0.29, 0.717) is 12.1 Å². The summed E-state index contributed by atoms with van der Waals surface area (Å²) in [7, 11) is 1.32. The molecule has 0 spiro atoms. The number of carbonyl (C=O) groups is 1. The van der Waals surface area contributed by atoms with Gasteiger partial charge >= 0.3 is 18.3 Å². The first kappa shape index (κ1) is 26.8. The van der Waals surface area contributed by atoms with Crippen LogP contribution in [-0.4, -0.2) is 13.1 Å². The van der Waals surface area contributed by atoms with Gasteiger partial charge in [0, 0.05) is 35.4 Å². The Labute approximate surface area is 214 Å². The van der Waals surface area contributed by atoms with Crippen LogP contribution in [0.5, 0.6) is 0 Å². The number of esters is 1. The third-order valence-electron chi connectivity index (χ3n) is 5.84. The van der Waals surface area contributed by atoms with Gasteiger partial charge in [-0.25, -0.2) is 13.9 Å². The fourth-order valence-electron chi connectivity index (χ4n) is 3.96. The molecule has 38 heavy (non-hydrogen) atoms. The van der Waals surface area contributed by atoms with Gasteiger partial charge in [0.2, 0.25) is 0 Å². The van der Waals surface area contributed by atoms with Gasteiger partial charge in [-0.1, -0.05) is 12.1 Å². The molecule has 0 fully saturated rings. The molecule has 10 heteroatoms. The molecule has 0 atom stereocenters. The molecule has 0 aliphatic rings. The van der Waals surface area contributed by atoms with Crippen molar-refractivity contribution >= 4 is 5.97 Å². The van der Waals surface area contributed by atoms with Gasteiger partial charge in [-0.05, 0) is 41.5 Å². The van der Waals surface area contributed by atoms with Gasteiger partial charge in [-0.3, -0.25) is 0 Å². The maximum Gasteiger partial charge on any atom is 0.416 e. The Morgan fingerprint density at radius 2 is 1.16 bits per heavy atom. The van der Waals surface area contributed by atoms with Crippen molar-refractivity contribution in [1.29, 1.82) is 0 Å². The van der Waals surface area contributed by atoms with E-state index in [1.807, 2.05) is 35.2 Å². The standard InChI is InChI=1S/C28H22F6N2O2/c1-38-26(37)23-4-2-3-19(13-23)17-35-9-5-21(6-10-35)22-7-11-36(12-8-22)18-20-14-24(27(29,30)31)16-25(15-20)28(32,33)34/h2-16H,17-18H2,1H3/q+2. The lowest BCUT2D eigenvalue weighted by Gasteiger charge is -2.13. The van der Waals surface area contributed by atoms with Crippen LogP contribution in [0.15, 0.2) is 91.5 Å². The van der Waals surface area contributed by atoms with Crippen molar-refractivity contribution in [3.05, 3.63) is 119 Å². The van der Waals surface area contributed by atoms with E-state index in [1.54, 1.807) is 42.7 Å². The summed E-state index contributed by atoms with van der Waals surface area (Å²) in [6, 6.07) is 15.9. The number of halogens is 6. The first-order valence-electron chi connectivity index (χ1n) is 11.4. The number of nitrogens with zero attached hydrogens (tertiary/aromatic N) is 2. The minimum absolute atomic E-state index is 0.109. The molecule has 0 unspecified atom stereocenters. The summed E-state index contributed by atoms with van der Waals surface area (Å²) in [6.45, 7) is 0.365. The van der Waals surface area contributed by atoms with Crippen molar-refractivity contribution < 1.29 is 45.0 Å². The van der Waals surface area contributed by atoms with E-state index in [0.717, 1.165) is 28.8 Å². The highest BCUT2D eigenvalue weighted by atomic mass is 19.4. The molecule has 4 aromatic rings. The lowest BCUT2D eigenvalue weighted by Crippen LogP contribution is -2.33. The Balaban J connectivity index is 1.48. The summed E-state index contributed by atoms with van der Waals surface area (Å²) >= 11 is 0. The zero-order valence-corrected chi connectivity index (χ0v) is 20.1. The molecule has 2 aromatic heterocycles. The first-order valence-corrected chi connectivity index (χ1v) is 11.4. The largest absolute Gasteiger partial charge is 0.465 e. The zero-order chi connectivity index (χ0) is 27.5. The molecule has 0 radical (unpaired) electrons. The second-order valence-electron chi connectivity index (χ2n) is 8.62. The molecule has 0 saturated carbocycles. The number of hydrogen-bond donors (Lipinski definition) is 0. The molecule has 0 bridgehead atoms. The van der Waals surface area contributed by atoms with E-state index in [1.165, 1.54) is 11.7 Å². The van der Waals surface area contributed by atoms with Crippen molar-refractivity contribution in [2.45, 2.75) is 25.4 Å². The first-order chi connectivity index (χ1) is 17.9. The number of hydrogen-bond acceptors (Lipinski definition) is 2. The van der Waals surface area contributed by atoms with Crippen LogP contribution in [0.1, 0.15) is 32.6 Å². The Morgan fingerprint density at radius 1 is 0.684 bits per heavy atom. The molecule has 4 nitrogen and oxygen atoms in total. The molecule has 4 rings (SSSR count). The number of methoxy groups -OCH3 is 1. The summed E-state index contributed by atoms with van der Waals surface area (Å²) in [5.74, 6) is -0.414. The van der Waals surface area contributed by atoms with Crippen LogP contribution >= 0.6 is 0 Å². The fourth-order valence-corrected chi connectivity index (χ4v) is 3.96. The van der Waals surface area contributed by atoms with Crippen molar-refractivity contribution in [3.63, 3.8) is 0 Å². The molecule has 0 amide bonds. The maximum atomic E-state index is 13.1. The molecule has 0 N–H and O–H groups in total. The van der Waals surface area contributed by atoms with E-state index < -0.39 is 29.4 Å². The second-order valence-corrected chi connectivity index (χ2v) is 8.62. The van der Waals surface area contributed by atoms with Gasteiger partial charge < -0.3 is 4.74 Å². The molecule has 2 aromatic carbocycles. The number of alkyl halides is 6. The van der Waals surface area contributed by atoms with Crippen molar-refractivity contribution in [3.8, 4) is 11.1 Å². The Morgan fingerprint density at radius 3 is 1.61 bits per heavy atom. The van der Waals surface area contributed by atoms with Gasteiger partial charge in [0.05, 0.1) is 23.8 Å². The minimum atomic E-state index is -4.89. The number of carbonyl (C=O) groups excluding carboxylic acids is 1. The Hall–Kier alpha value is -4.21. The van der Waals surface area contributed by atoms with Crippen LogP contribution in [0.3, 0.4) is 0 Å². The van der Waals surface area contributed by atoms with Gasteiger partial charge in [0.1, 0.15) is 0 Å². The average molecular weight is 532 g/mol. The Kier molecular flexibility index (Phi) is 7.52. The van der Waals surface area contributed by atoms with Gasteiger partial charge in [-0.2, -0.15) is 26.3 Å². The van der Waals surface area contributed by atoms with Crippen molar-refractivity contribution in [1.82, 2.24) is 0 Å². The van der Waals surface area contributed by atoms with E-state index in [2.05, 4.69) is 0 Å². The summed E-state index contributed by atoms with van der Waals surface area (Å²) in [5.41, 5.74) is 0.274. The highest BCUT2D eigenvalue weighted by molar-refractivity contribution is 5.89. The summed E-state index contributed by atoms with van der Waals surface area (Å²) < 4.78 is 87.0. The minimum Gasteiger partial charge on any atom is -0.465 e. The highest BCUT2D eigenvalue weighted by Crippen LogP contribution is 2.36. The van der Waals surface area contributed by atoms with Gasteiger partial charge in [0.25, 0.3) is 0 Å². The molecular formula is C28H22F6N2O2+2. The van der Waals surface area contributed by atoms with Crippen LogP contribution in [0, 0.1) is 0 Å². The third-order valence-corrected chi connectivity index (χ3v) is 5.84. The van der Waals surface area contributed by atoms with Crippen LogP contribution in [-0.2, 0) is 30.2 Å². The SMILES string of the molecule is COC(=O)c1cccc(C[n+]2ccc(-c3cc[n+](Cc4cc(C(F)(F)F)cc(C(F)(F)F)c4)cc3)cc2)c1. The number of aromatic nitrogens is 2. The van der Waals surface area contributed by atoms with Crippen LogP contribution < -0.4 is 9.13 Å². The third kappa shape index (κ3) is 6.56. The molecule has 0 aliphatic heterocycles. The smallest absolute Gasteiger partial charge is 0.416 e. The average Bonchev–Trinajstić information content (AvgIpc) is 2.88. The topological polar surface area (TPSA) is 34.1 Å².